The van der Waals surface area contributed by atoms with Gasteiger partial charge in [-0.25, -0.2) is 4.39 Å². The summed E-state index contributed by atoms with van der Waals surface area (Å²) in [5, 5.41) is 11.0. The monoisotopic (exact) mass is 219 g/mol. The number of aromatic nitrogens is 2. The van der Waals surface area contributed by atoms with E-state index in [0.29, 0.717) is 6.54 Å². The lowest BCUT2D eigenvalue weighted by Crippen LogP contribution is -2.36. The van der Waals surface area contributed by atoms with E-state index in [0.717, 1.165) is 29.4 Å². The van der Waals surface area contributed by atoms with Gasteiger partial charge in [-0.2, -0.15) is 5.10 Å². The molecular weight excluding hydrogens is 205 g/mol. The fourth-order valence-corrected chi connectivity index (χ4v) is 2.38. The Morgan fingerprint density at radius 3 is 3.19 bits per heavy atom. The minimum Gasteiger partial charge on any atom is -0.314 e. The molecule has 2 aromatic rings. The maximum absolute atomic E-state index is 13.8. The van der Waals surface area contributed by atoms with Crippen molar-refractivity contribution in [2.24, 2.45) is 0 Å². The molecular formula is C12H14FN3. The van der Waals surface area contributed by atoms with Crippen LogP contribution in [0.1, 0.15) is 17.9 Å². The van der Waals surface area contributed by atoms with E-state index in [1.807, 2.05) is 18.2 Å². The van der Waals surface area contributed by atoms with Crippen molar-refractivity contribution >= 4 is 10.9 Å². The fourth-order valence-electron chi connectivity index (χ4n) is 2.38. The van der Waals surface area contributed by atoms with Crippen molar-refractivity contribution in [3.05, 3.63) is 30.0 Å². The molecule has 1 aliphatic rings. The molecule has 1 aromatic heterocycles. The second-order valence-corrected chi connectivity index (χ2v) is 4.33. The van der Waals surface area contributed by atoms with Gasteiger partial charge in [0.1, 0.15) is 6.17 Å². The molecule has 1 aliphatic heterocycles. The highest BCUT2D eigenvalue weighted by molar-refractivity contribution is 5.78. The number of fused-ring (bicyclic) bond motifs is 1. The van der Waals surface area contributed by atoms with Gasteiger partial charge in [-0.1, -0.05) is 12.1 Å². The minimum atomic E-state index is -0.783. The van der Waals surface area contributed by atoms with E-state index in [2.05, 4.69) is 15.5 Å². The number of nitrogens with one attached hydrogen (secondary N) is 2. The van der Waals surface area contributed by atoms with Crippen LogP contribution in [0.15, 0.2) is 24.4 Å². The molecule has 0 aliphatic carbocycles. The van der Waals surface area contributed by atoms with Crippen LogP contribution in [-0.2, 0) is 0 Å². The zero-order valence-electron chi connectivity index (χ0n) is 8.91. The maximum Gasteiger partial charge on any atom is 0.119 e. The van der Waals surface area contributed by atoms with Crippen molar-refractivity contribution in [1.29, 1.82) is 0 Å². The van der Waals surface area contributed by atoms with Crippen molar-refractivity contribution in [1.82, 2.24) is 15.5 Å². The molecule has 0 amide bonds. The molecule has 3 nitrogen and oxygen atoms in total. The van der Waals surface area contributed by atoms with E-state index in [-0.39, 0.29) is 5.92 Å². The summed E-state index contributed by atoms with van der Waals surface area (Å²) >= 11 is 0. The SMILES string of the molecule is F[C@@H]1CNCC[C@@H]1c1ccc2cn[nH]c2c1. The Morgan fingerprint density at radius 1 is 1.38 bits per heavy atom. The number of aromatic amines is 1. The average molecular weight is 219 g/mol. The molecule has 2 N–H and O–H groups in total. The number of H-pyrrole nitrogens is 1. The Labute approximate surface area is 93.0 Å². The lowest BCUT2D eigenvalue weighted by molar-refractivity contribution is 0.231. The van der Waals surface area contributed by atoms with Gasteiger partial charge in [0.25, 0.3) is 0 Å². The topological polar surface area (TPSA) is 40.7 Å². The smallest absolute Gasteiger partial charge is 0.119 e. The summed E-state index contributed by atoms with van der Waals surface area (Å²) in [6, 6.07) is 6.04. The lowest BCUT2D eigenvalue weighted by Gasteiger charge is -2.27. The number of alkyl halides is 1. The van der Waals surface area contributed by atoms with Crippen LogP contribution in [0, 0.1) is 0 Å². The van der Waals surface area contributed by atoms with Crippen LogP contribution in [0.2, 0.25) is 0 Å². The number of halogens is 1. The standard InChI is InChI=1S/C12H14FN3/c13-11-7-14-4-3-10(11)8-1-2-9-6-15-16-12(9)5-8/h1-2,5-6,10-11,14H,3-4,7H2,(H,15,16)/t10-,11-/m1/s1. The van der Waals surface area contributed by atoms with E-state index in [4.69, 9.17) is 0 Å². The molecule has 0 bridgehead atoms. The third-order valence-corrected chi connectivity index (χ3v) is 3.30. The second kappa shape index (κ2) is 3.87. The van der Waals surface area contributed by atoms with E-state index >= 15 is 0 Å². The number of hydrogen-bond donors (Lipinski definition) is 2. The van der Waals surface area contributed by atoms with Gasteiger partial charge in [-0.05, 0) is 24.6 Å². The first-order valence-electron chi connectivity index (χ1n) is 5.62. The zero-order valence-corrected chi connectivity index (χ0v) is 8.91. The number of hydrogen-bond acceptors (Lipinski definition) is 2. The number of benzene rings is 1. The fraction of sp³-hybridized carbons (Fsp3) is 0.417. The van der Waals surface area contributed by atoms with Crippen molar-refractivity contribution < 1.29 is 4.39 Å². The molecule has 16 heavy (non-hydrogen) atoms. The van der Waals surface area contributed by atoms with Crippen LogP contribution in [0.4, 0.5) is 4.39 Å². The van der Waals surface area contributed by atoms with Crippen LogP contribution in [0.3, 0.4) is 0 Å². The zero-order chi connectivity index (χ0) is 11.0. The summed E-state index contributed by atoms with van der Waals surface area (Å²) in [5.74, 6) is 0.0222. The van der Waals surface area contributed by atoms with Gasteiger partial charge in [0, 0.05) is 17.8 Å². The Bertz CT molecular complexity index is 494. The molecule has 4 heteroatoms. The summed E-state index contributed by atoms with van der Waals surface area (Å²) in [6.07, 6.45) is 1.86. The van der Waals surface area contributed by atoms with E-state index in [1.165, 1.54) is 0 Å². The third-order valence-electron chi connectivity index (χ3n) is 3.30. The molecule has 1 aromatic carbocycles. The summed E-state index contributed by atoms with van der Waals surface area (Å²) in [7, 11) is 0. The molecule has 1 saturated heterocycles. The largest absolute Gasteiger partial charge is 0.314 e. The van der Waals surface area contributed by atoms with Crippen molar-refractivity contribution in [3.63, 3.8) is 0 Å². The maximum atomic E-state index is 13.8. The molecule has 0 saturated carbocycles. The molecule has 0 spiro atoms. The molecule has 1 fully saturated rings. The van der Waals surface area contributed by atoms with Crippen LogP contribution in [0.5, 0.6) is 0 Å². The van der Waals surface area contributed by atoms with Gasteiger partial charge in [0.15, 0.2) is 0 Å². The normalized spacial score (nSPS) is 26.1. The molecule has 0 unspecified atom stereocenters. The first-order valence-corrected chi connectivity index (χ1v) is 5.62. The van der Waals surface area contributed by atoms with Crippen LogP contribution in [0.25, 0.3) is 10.9 Å². The van der Waals surface area contributed by atoms with Gasteiger partial charge in [0.05, 0.1) is 11.7 Å². The minimum absolute atomic E-state index is 0.0222. The van der Waals surface area contributed by atoms with Crippen LogP contribution in [-0.4, -0.2) is 29.5 Å². The summed E-state index contributed by atoms with van der Waals surface area (Å²) in [4.78, 5) is 0. The number of piperidine rings is 1. The highest BCUT2D eigenvalue weighted by Gasteiger charge is 2.26. The Kier molecular flexibility index (Phi) is 2.36. The number of nitrogens with zero attached hydrogens (tertiary/aromatic N) is 1. The summed E-state index contributed by atoms with van der Waals surface area (Å²) < 4.78 is 13.8. The van der Waals surface area contributed by atoms with Gasteiger partial charge in [-0.15, -0.1) is 0 Å². The quantitative estimate of drug-likeness (QED) is 0.770. The molecule has 0 radical (unpaired) electrons. The van der Waals surface area contributed by atoms with Gasteiger partial charge >= 0.3 is 0 Å². The van der Waals surface area contributed by atoms with E-state index in [1.54, 1.807) is 6.20 Å². The first-order chi connectivity index (χ1) is 7.84. The highest BCUT2D eigenvalue weighted by Crippen LogP contribution is 2.29. The lowest BCUT2D eigenvalue weighted by atomic mass is 9.88. The average Bonchev–Trinajstić information content (AvgIpc) is 2.76. The Balaban J connectivity index is 1.97. The molecule has 2 heterocycles. The van der Waals surface area contributed by atoms with Gasteiger partial charge in [-0.3, -0.25) is 5.10 Å². The van der Waals surface area contributed by atoms with Gasteiger partial charge < -0.3 is 5.32 Å². The Hall–Kier alpha value is -1.42. The molecule has 3 rings (SSSR count). The van der Waals surface area contributed by atoms with Crippen molar-refractivity contribution in [2.75, 3.05) is 13.1 Å². The molecule has 2 atom stereocenters. The second-order valence-electron chi connectivity index (χ2n) is 4.33. The summed E-state index contributed by atoms with van der Waals surface area (Å²) in [5.41, 5.74) is 2.06. The molecule has 84 valence electrons. The highest BCUT2D eigenvalue weighted by atomic mass is 19.1. The third kappa shape index (κ3) is 1.59. The summed E-state index contributed by atoms with van der Waals surface area (Å²) in [6.45, 7) is 1.36. The van der Waals surface area contributed by atoms with E-state index in [9.17, 15) is 4.39 Å². The number of rotatable bonds is 1. The predicted octanol–water partition coefficient (Wildman–Crippen LogP) is 1.98. The van der Waals surface area contributed by atoms with Crippen molar-refractivity contribution in [2.45, 2.75) is 18.5 Å². The van der Waals surface area contributed by atoms with Crippen LogP contribution < -0.4 is 5.32 Å². The van der Waals surface area contributed by atoms with Crippen molar-refractivity contribution in [3.8, 4) is 0 Å². The van der Waals surface area contributed by atoms with E-state index < -0.39 is 6.17 Å². The first kappa shape index (κ1) is 9.78. The van der Waals surface area contributed by atoms with Gasteiger partial charge in [0.2, 0.25) is 0 Å². The Morgan fingerprint density at radius 2 is 2.31 bits per heavy atom. The van der Waals surface area contributed by atoms with Crippen LogP contribution >= 0.6 is 0 Å². The predicted molar refractivity (Wildman–Crippen MR) is 61.2 cm³/mol.